The lowest BCUT2D eigenvalue weighted by atomic mass is 10.1. The highest BCUT2D eigenvalue weighted by atomic mass is 16.5. The highest BCUT2D eigenvalue weighted by Crippen LogP contribution is 2.13. The molecule has 0 bridgehead atoms. The summed E-state index contributed by atoms with van der Waals surface area (Å²) in [6, 6.07) is 5.57. The Balaban J connectivity index is 2.75. The van der Waals surface area contributed by atoms with E-state index in [1.54, 1.807) is 13.0 Å². The third kappa shape index (κ3) is 4.68. The Morgan fingerprint density at radius 2 is 1.80 bits per heavy atom. The van der Waals surface area contributed by atoms with Crippen molar-refractivity contribution in [3.8, 4) is 0 Å². The van der Waals surface area contributed by atoms with Gasteiger partial charge in [0.25, 0.3) is 5.91 Å². The third-order valence-electron chi connectivity index (χ3n) is 2.76. The number of esters is 1. The van der Waals surface area contributed by atoms with Crippen molar-refractivity contribution < 1.29 is 14.3 Å². The molecule has 0 saturated carbocycles. The van der Waals surface area contributed by atoms with Crippen molar-refractivity contribution in [1.82, 2.24) is 5.32 Å². The molecule has 0 radical (unpaired) electrons. The van der Waals surface area contributed by atoms with Crippen molar-refractivity contribution >= 4 is 11.9 Å². The number of carbonyl (C=O) groups is 2. The molecule has 0 aliphatic carbocycles. The maximum absolute atomic E-state index is 12.1. The van der Waals surface area contributed by atoms with Gasteiger partial charge in [0.1, 0.15) is 0 Å². The molecule has 0 spiro atoms. The maximum atomic E-state index is 12.1. The Kier molecular flexibility index (Phi) is 4.93. The molecule has 110 valence electrons. The van der Waals surface area contributed by atoms with E-state index in [-0.39, 0.29) is 11.4 Å². The average Bonchev–Trinajstić information content (AvgIpc) is 2.29. The molecule has 4 heteroatoms. The van der Waals surface area contributed by atoms with Gasteiger partial charge in [0.15, 0.2) is 6.10 Å². The number of benzene rings is 1. The number of rotatable bonds is 3. The van der Waals surface area contributed by atoms with E-state index < -0.39 is 12.1 Å². The van der Waals surface area contributed by atoms with Gasteiger partial charge in [-0.1, -0.05) is 17.7 Å². The van der Waals surface area contributed by atoms with Gasteiger partial charge in [0.05, 0.1) is 5.56 Å². The van der Waals surface area contributed by atoms with Crippen molar-refractivity contribution in [2.75, 3.05) is 0 Å². The number of carbonyl (C=O) groups excluding carboxylic acids is 2. The summed E-state index contributed by atoms with van der Waals surface area (Å²) in [6.07, 6.45) is -0.818. The van der Waals surface area contributed by atoms with Gasteiger partial charge in [-0.2, -0.15) is 0 Å². The fraction of sp³-hybridized carbons (Fsp3) is 0.500. The first-order chi connectivity index (χ1) is 9.10. The lowest BCUT2D eigenvalue weighted by Crippen LogP contribution is -2.46. The predicted octanol–water partition coefficient (Wildman–Crippen LogP) is 2.76. The fourth-order valence-corrected chi connectivity index (χ4v) is 1.70. The molecule has 0 aliphatic heterocycles. The van der Waals surface area contributed by atoms with E-state index in [2.05, 4.69) is 5.32 Å². The normalized spacial score (nSPS) is 12.7. The summed E-state index contributed by atoms with van der Waals surface area (Å²) in [5, 5.41) is 2.79. The third-order valence-corrected chi connectivity index (χ3v) is 2.76. The zero-order valence-corrected chi connectivity index (χ0v) is 13.0. The molecule has 0 saturated heterocycles. The lowest BCUT2D eigenvalue weighted by Gasteiger charge is -2.23. The number of hydrogen-bond acceptors (Lipinski definition) is 3. The Hall–Kier alpha value is -1.84. The number of ether oxygens (including phenoxy) is 1. The zero-order valence-electron chi connectivity index (χ0n) is 13.0. The molecule has 20 heavy (non-hydrogen) atoms. The lowest BCUT2D eigenvalue weighted by molar-refractivity contribution is -0.130. The van der Waals surface area contributed by atoms with Gasteiger partial charge in [0, 0.05) is 5.54 Å². The molecule has 1 aromatic rings. The SMILES string of the molecule is Cc1ccc(C)c(C(=O)OC(C)C(=O)NC(C)(C)C)c1. The molecule has 1 amide bonds. The Bertz CT molecular complexity index is 515. The second-order valence-electron chi connectivity index (χ2n) is 6.11. The van der Waals surface area contributed by atoms with Crippen LogP contribution in [0.4, 0.5) is 0 Å². The number of amides is 1. The molecule has 1 atom stereocenters. The van der Waals surface area contributed by atoms with E-state index in [4.69, 9.17) is 4.74 Å². The van der Waals surface area contributed by atoms with Crippen LogP contribution >= 0.6 is 0 Å². The minimum atomic E-state index is -0.818. The highest BCUT2D eigenvalue weighted by molar-refractivity contribution is 5.93. The largest absolute Gasteiger partial charge is 0.449 e. The quantitative estimate of drug-likeness (QED) is 0.864. The van der Waals surface area contributed by atoms with Crippen LogP contribution < -0.4 is 5.32 Å². The van der Waals surface area contributed by atoms with Crippen LogP contribution in [0.2, 0.25) is 0 Å². The van der Waals surface area contributed by atoms with Crippen LogP contribution in [0.5, 0.6) is 0 Å². The summed E-state index contributed by atoms with van der Waals surface area (Å²) in [7, 11) is 0. The van der Waals surface area contributed by atoms with Crippen molar-refractivity contribution in [2.45, 2.75) is 53.2 Å². The van der Waals surface area contributed by atoms with Crippen LogP contribution in [0.25, 0.3) is 0 Å². The van der Waals surface area contributed by atoms with Crippen LogP contribution in [0.1, 0.15) is 49.2 Å². The average molecular weight is 277 g/mol. The summed E-state index contributed by atoms with van der Waals surface area (Å²) in [6.45, 7) is 11.0. The molecule has 0 fully saturated rings. The highest BCUT2D eigenvalue weighted by Gasteiger charge is 2.23. The number of hydrogen-bond donors (Lipinski definition) is 1. The molecule has 1 rings (SSSR count). The van der Waals surface area contributed by atoms with Gasteiger partial charge >= 0.3 is 5.97 Å². The first-order valence-electron chi connectivity index (χ1n) is 6.70. The van der Waals surface area contributed by atoms with Gasteiger partial charge in [-0.3, -0.25) is 4.79 Å². The monoisotopic (exact) mass is 277 g/mol. The van der Waals surface area contributed by atoms with Crippen molar-refractivity contribution in [1.29, 1.82) is 0 Å². The van der Waals surface area contributed by atoms with Gasteiger partial charge in [-0.05, 0) is 53.2 Å². The Morgan fingerprint density at radius 3 is 2.35 bits per heavy atom. The predicted molar refractivity (Wildman–Crippen MR) is 78.7 cm³/mol. The molecular weight excluding hydrogens is 254 g/mol. The van der Waals surface area contributed by atoms with Gasteiger partial charge in [-0.25, -0.2) is 4.79 Å². The second kappa shape index (κ2) is 6.07. The van der Waals surface area contributed by atoms with Crippen LogP contribution in [-0.2, 0) is 9.53 Å². The van der Waals surface area contributed by atoms with E-state index in [0.717, 1.165) is 11.1 Å². The summed E-state index contributed by atoms with van der Waals surface area (Å²) < 4.78 is 5.23. The van der Waals surface area contributed by atoms with Crippen molar-refractivity contribution in [3.63, 3.8) is 0 Å². The molecule has 4 nitrogen and oxygen atoms in total. The topological polar surface area (TPSA) is 55.4 Å². The molecule has 1 N–H and O–H groups in total. The summed E-state index contributed by atoms with van der Waals surface area (Å²) >= 11 is 0. The van der Waals surface area contributed by atoms with Crippen molar-refractivity contribution in [3.05, 3.63) is 34.9 Å². The Labute approximate surface area is 120 Å². The second-order valence-corrected chi connectivity index (χ2v) is 6.11. The minimum Gasteiger partial charge on any atom is -0.449 e. The smallest absolute Gasteiger partial charge is 0.339 e. The summed E-state index contributed by atoms with van der Waals surface area (Å²) in [5.74, 6) is -0.765. The standard InChI is InChI=1S/C16H23NO3/c1-10-7-8-11(2)13(9-10)15(19)20-12(3)14(18)17-16(4,5)6/h7-9,12H,1-6H3,(H,17,18). The molecule has 1 unspecified atom stereocenters. The molecule has 1 aromatic carbocycles. The van der Waals surface area contributed by atoms with Gasteiger partial charge in [0.2, 0.25) is 0 Å². The van der Waals surface area contributed by atoms with Crippen LogP contribution in [0.15, 0.2) is 18.2 Å². The van der Waals surface area contributed by atoms with E-state index in [0.29, 0.717) is 5.56 Å². The van der Waals surface area contributed by atoms with E-state index >= 15 is 0 Å². The van der Waals surface area contributed by atoms with Crippen LogP contribution in [0, 0.1) is 13.8 Å². The van der Waals surface area contributed by atoms with E-state index in [1.165, 1.54) is 0 Å². The summed E-state index contributed by atoms with van der Waals surface area (Å²) in [5.41, 5.74) is 1.97. The zero-order chi connectivity index (χ0) is 15.5. The molecule has 0 aliphatic rings. The fourth-order valence-electron chi connectivity index (χ4n) is 1.70. The first-order valence-corrected chi connectivity index (χ1v) is 6.70. The Morgan fingerprint density at radius 1 is 1.20 bits per heavy atom. The maximum Gasteiger partial charge on any atom is 0.339 e. The van der Waals surface area contributed by atoms with Crippen LogP contribution in [0.3, 0.4) is 0 Å². The molecule has 0 heterocycles. The molecule has 0 aromatic heterocycles. The summed E-state index contributed by atoms with van der Waals surface area (Å²) in [4.78, 5) is 24.0. The minimum absolute atomic E-state index is 0.295. The van der Waals surface area contributed by atoms with Crippen molar-refractivity contribution in [2.24, 2.45) is 0 Å². The van der Waals surface area contributed by atoms with Crippen LogP contribution in [-0.4, -0.2) is 23.5 Å². The molecular formula is C16H23NO3. The number of nitrogens with one attached hydrogen (secondary N) is 1. The van der Waals surface area contributed by atoms with Gasteiger partial charge < -0.3 is 10.1 Å². The van der Waals surface area contributed by atoms with Gasteiger partial charge in [-0.15, -0.1) is 0 Å². The van der Waals surface area contributed by atoms with E-state index in [9.17, 15) is 9.59 Å². The number of aryl methyl sites for hydroxylation is 2. The first kappa shape index (κ1) is 16.2. The van der Waals surface area contributed by atoms with E-state index in [1.807, 2.05) is 46.8 Å².